The molecule has 3 rings (SSSR count). The van der Waals surface area contributed by atoms with Crippen LogP contribution in [0.15, 0.2) is 42.5 Å². The van der Waals surface area contributed by atoms with Crippen LogP contribution in [0.4, 0.5) is 22.0 Å². The van der Waals surface area contributed by atoms with Gasteiger partial charge in [-0.25, -0.2) is 0 Å². The van der Waals surface area contributed by atoms with Crippen molar-refractivity contribution >= 4 is 16.6 Å². The largest absolute Gasteiger partial charge is 0.508 e. The molecule has 0 saturated heterocycles. The SMILES string of the molecule is CC1(c2ccc(O)cc2)COc2cc(O)ccc2C1CCCC(=O)CCCCCS(=O)CCCC(F)(F)C(F)(F)F. The van der Waals surface area contributed by atoms with Gasteiger partial charge in [0.15, 0.2) is 0 Å². The Morgan fingerprint density at radius 1 is 0.927 bits per heavy atom. The average Bonchev–Trinajstić information content (AvgIpc) is 2.89. The second-order valence-electron chi connectivity index (χ2n) is 10.9. The van der Waals surface area contributed by atoms with Crippen molar-refractivity contribution in [2.45, 2.75) is 88.1 Å². The number of carbonyl (C=O) groups excluding carboxylic acids is 1. The number of halogens is 5. The Labute approximate surface area is 239 Å². The van der Waals surface area contributed by atoms with Crippen LogP contribution in [-0.4, -0.2) is 50.4 Å². The summed E-state index contributed by atoms with van der Waals surface area (Å²) in [4.78, 5) is 12.5. The van der Waals surface area contributed by atoms with Gasteiger partial charge in [-0.1, -0.05) is 31.5 Å². The molecule has 0 spiro atoms. The molecule has 41 heavy (non-hydrogen) atoms. The maximum Gasteiger partial charge on any atom is 0.453 e. The van der Waals surface area contributed by atoms with Gasteiger partial charge in [0.1, 0.15) is 23.0 Å². The van der Waals surface area contributed by atoms with E-state index < -0.39 is 41.2 Å². The number of Topliss-reactive ketones (excluding diaryl/α,β-unsaturated/α-hetero) is 1. The Bertz CT molecular complexity index is 1180. The van der Waals surface area contributed by atoms with Crippen molar-refractivity contribution in [1.82, 2.24) is 0 Å². The van der Waals surface area contributed by atoms with Gasteiger partial charge in [0.25, 0.3) is 0 Å². The highest BCUT2D eigenvalue weighted by atomic mass is 32.2. The molecule has 2 N–H and O–H groups in total. The molecule has 0 fully saturated rings. The minimum atomic E-state index is -5.59. The average molecular weight is 605 g/mol. The van der Waals surface area contributed by atoms with Crippen LogP contribution in [0.3, 0.4) is 0 Å². The van der Waals surface area contributed by atoms with Crippen LogP contribution in [0.1, 0.15) is 81.8 Å². The number of rotatable bonds is 15. The van der Waals surface area contributed by atoms with E-state index in [-0.39, 0.29) is 34.7 Å². The highest BCUT2D eigenvalue weighted by molar-refractivity contribution is 7.84. The molecule has 2 aromatic carbocycles. The second kappa shape index (κ2) is 14.0. The standard InChI is InChI=1S/C30H37F5O5S/c1-28(21-10-12-23(37)13-11-21)20-40-27-19-24(38)14-15-25(27)26(28)9-5-8-22(36)7-3-2-4-17-41(39)18-6-16-29(31,32)30(33,34)35/h10-15,19,26,37-38H,2-9,16-18,20H2,1H3. The molecule has 0 radical (unpaired) electrons. The minimum Gasteiger partial charge on any atom is -0.508 e. The quantitative estimate of drug-likeness (QED) is 0.162. The Morgan fingerprint density at radius 3 is 2.24 bits per heavy atom. The van der Waals surface area contributed by atoms with Crippen molar-refractivity contribution in [2.24, 2.45) is 0 Å². The summed E-state index contributed by atoms with van der Waals surface area (Å²) in [5.74, 6) is -3.76. The maximum absolute atomic E-state index is 12.9. The summed E-state index contributed by atoms with van der Waals surface area (Å²) in [6.07, 6.45) is -3.62. The molecule has 5 nitrogen and oxygen atoms in total. The molecule has 1 aliphatic heterocycles. The summed E-state index contributed by atoms with van der Waals surface area (Å²) < 4.78 is 80.4. The number of fused-ring (bicyclic) bond motifs is 1. The van der Waals surface area contributed by atoms with E-state index in [1.165, 1.54) is 0 Å². The molecular weight excluding hydrogens is 567 g/mol. The number of phenols is 2. The molecule has 1 aliphatic rings. The van der Waals surface area contributed by atoms with Crippen molar-refractivity contribution in [2.75, 3.05) is 18.1 Å². The number of ether oxygens (including phenoxy) is 1. The lowest BCUT2D eigenvalue weighted by molar-refractivity contribution is -0.284. The lowest BCUT2D eigenvalue weighted by atomic mass is 9.66. The molecule has 1 heterocycles. The predicted octanol–water partition coefficient (Wildman–Crippen LogP) is 7.56. The van der Waals surface area contributed by atoms with Crippen molar-refractivity contribution in [3.63, 3.8) is 0 Å². The van der Waals surface area contributed by atoms with Crippen LogP contribution in [0, 0.1) is 0 Å². The van der Waals surface area contributed by atoms with Crippen LogP contribution in [0.5, 0.6) is 17.2 Å². The molecule has 3 atom stereocenters. The van der Waals surface area contributed by atoms with Gasteiger partial charge in [-0.2, -0.15) is 22.0 Å². The molecular formula is C30H37F5O5S. The second-order valence-corrected chi connectivity index (χ2v) is 12.6. The first-order chi connectivity index (χ1) is 19.2. The number of unbranched alkanes of at least 4 members (excludes halogenated alkanes) is 2. The first-order valence-electron chi connectivity index (χ1n) is 13.8. The fourth-order valence-electron chi connectivity index (χ4n) is 5.30. The minimum absolute atomic E-state index is 0.00949. The van der Waals surface area contributed by atoms with Crippen molar-refractivity contribution in [3.8, 4) is 17.2 Å². The van der Waals surface area contributed by atoms with Crippen LogP contribution < -0.4 is 4.74 Å². The fourth-order valence-corrected chi connectivity index (χ4v) is 6.49. The summed E-state index contributed by atoms with van der Waals surface area (Å²) in [5.41, 5.74) is 1.53. The highest BCUT2D eigenvalue weighted by Crippen LogP contribution is 2.49. The lowest BCUT2D eigenvalue weighted by Crippen LogP contribution is -2.40. The molecule has 2 aromatic rings. The normalized spacial score (nSPS) is 19.8. The Balaban J connectivity index is 1.43. The number of carbonyl (C=O) groups is 1. The van der Waals surface area contributed by atoms with Gasteiger partial charge in [-0.05, 0) is 61.4 Å². The number of alkyl halides is 5. The number of aromatic hydroxyl groups is 2. The van der Waals surface area contributed by atoms with E-state index >= 15 is 0 Å². The third kappa shape index (κ3) is 8.90. The van der Waals surface area contributed by atoms with E-state index in [0.29, 0.717) is 57.3 Å². The Kier molecular flexibility index (Phi) is 11.2. The summed E-state index contributed by atoms with van der Waals surface area (Å²) in [5, 5.41) is 19.7. The van der Waals surface area contributed by atoms with Crippen molar-refractivity contribution < 1.29 is 45.9 Å². The van der Waals surface area contributed by atoms with Gasteiger partial charge in [-0.15, -0.1) is 0 Å². The first kappa shape index (κ1) is 32.8. The molecule has 3 unspecified atom stereocenters. The zero-order valence-electron chi connectivity index (χ0n) is 23.0. The van der Waals surface area contributed by atoms with E-state index in [1.807, 2.05) is 18.2 Å². The molecule has 0 aliphatic carbocycles. The number of hydrogen-bond donors (Lipinski definition) is 2. The smallest absolute Gasteiger partial charge is 0.453 e. The first-order valence-corrected chi connectivity index (χ1v) is 15.3. The van der Waals surface area contributed by atoms with Gasteiger partial charge in [0.05, 0.1) is 6.61 Å². The highest BCUT2D eigenvalue weighted by Gasteiger charge is 2.56. The van der Waals surface area contributed by atoms with E-state index in [2.05, 4.69) is 6.92 Å². The Morgan fingerprint density at radius 2 is 1.56 bits per heavy atom. The van der Waals surface area contributed by atoms with Gasteiger partial charge in [-0.3, -0.25) is 9.00 Å². The zero-order chi connectivity index (χ0) is 30.3. The third-order valence-corrected chi connectivity index (χ3v) is 9.24. The van der Waals surface area contributed by atoms with Gasteiger partial charge in [0.2, 0.25) is 0 Å². The summed E-state index contributed by atoms with van der Waals surface area (Å²) in [6, 6.07) is 12.1. The van der Waals surface area contributed by atoms with Crippen LogP contribution in [0.2, 0.25) is 0 Å². The summed E-state index contributed by atoms with van der Waals surface area (Å²) in [7, 11) is -1.47. The number of hydrogen-bond acceptors (Lipinski definition) is 5. The molecule has 0 bridgehead atoms. The van der Waals surface area contributed by atoms with E-state index in [9.17, 15) is 41.2 Å². The number of ketones is 1. The lowest BCUT2D eigenvalue weighted by Gasteiger charge is -2.43. The predicted molar refractivity (Wildman–Crippen MR) is 147 cm³/mol. The molecule has 0 amide bonds. The third-order valence-electron chi connectivity index (χ3n) is 7.75. The molecule has 0 saturated carbocycles. The van der Waals surface area contributed by atoms with Gasteiger partial charge >= 0.3 is 12.1 Å². The van der Waals surface area contributed by atoms with Gasteiger partial charge in [0, 0.05) is 59.0 Å². The van der Waals surface area contributed by atoms with E-state index in [1.54, 1.807) is 24.3 Å². The summed E-state index contributed by atoms with van der Waals surface area (Å²) in [6.45, 7) is 2.46. The monoisotopic (exact) mass is 604 g/mol. The fraction of sp³-hybridized carbons (Fsp3) is 0.567. The van der Waals surface area contributed by atoms with Gasteiger partial charge < -0.3 is 14.9 Å². The van der Waals surface area contributed by atoms with Crippen molar-refractivity contribution in [3.05, 3.63) is 53.6 Å². The maximum atomic E-state index is 12.9. The van der Waals surface area contributed by atoms with Crippen LogP contribution in [0.25, 0.3) is 0 Å². The molecule has 11 heteroatoms. The zero-order valence-corrected chi connectivity index (χ0v) is 23.8. The van der Waals surface area contributed by atoms with Crippen LogP contribution in [-0.2, 0) is 21.0 Å². The summed E-state index contributed by atoms with van der Waals surface area (Å²) >= 11 is 0. The Hall–Kier alpha value is -2.69. The van der Waals surface area contributed by atoms with Crippen molar-refractivity contribution in [1.29, 1.82) is 0 Å². The molecule has 228 valence electrons. The number of benzene rings is 2. The van der Waals surface area contributed by atoms with E-state index in [4.69, 9.17) is 4.74 Å². The van der Waals surface area contributed by atoms with E-state index in [0.717, 1.165) is 11.1 Å². The number of phenolic OH excluding ortho intramolecular Hbond substituents is 2. The molecule has 0 aromatic heterocycles. The van der Waals surface area contributed by atoms with Crippen LogP contribution >= 0.6 is 0 Å². The topological polar surface area (TPSA) is 83.8 Å².